The van der Waals surface area contributed by atoms with Crippen molar-refractivity contribution in [3.63, 3.8) is 0 Å². The molecule has 0 spiro atoms. The second-order valence-electron chi connectivity index (χ2n) is 17.2. The Morgan fingerprint density at radius 1 is 0.512 bits per heavy atom. The maximum absolute atomic E-state index is 12.4. The van der Waals surface area contributed by atoms with Crippen LogP contribution in [0.3, 0.4) is 0 Å². The van der Waals surface area contributed by atoms with Crippen molar-refractivity contribution in [1.82, 2.24) is 0 Å². The zero-order valence-corrected chi connectivity index (χ0v) is 30.9. The van der Waals surface area contributed by atoms with Gasteiger partial charge in [0.2, 0.25) is 0 Å². The van der Waals surface area contributed by atoms with E-state index < -0.39 is 7.92 Å². The van der Waals surface area contributed by atoms with Gasteiger partial charge in [0, 0.05) is 21.7 Å². The van der Waals surface area contributed by atoms with Gasteiger partial charge in [0.15, 0.2) is 0 Å². The van der Waals surface area contributed by atoms with E-state index in [2.05, 4.69) is 153 Å². The van der Waals surface area contributed by atoms with Crippen LogP contribution in [0.4, 0.5) is 0 Å². The summed E-state index contributed by atoms with van der Waals surface area (Å²) in [5.74, 6) is 1.28. The Hall–Kier alpha value is -2.31. The molecule has 2 N–H and O–H groups in total. The number of phenolic OH excluding ortho intramolecular Hbond substituents is 2. The fraction of sp³-hybridized carbons (Fsp3) is 0.550. The molecule has 3 aromatic rings. The van der Waals surface area contributed by atoms with E-state index in [0.29, 0.717) is 11.5 Å². The quantitative estimate of drug-likeness (QED) is 0.285. The topological polar surface area (TPSA) is 40.5 Å². The van der Waals surface area contributed by atoms with Crippen molar-refractivity contribution in [3.8, 4) is 11.5 Å². The van der Waals surface area contributed by atoms with Gasteiger partial charge in [0.25, 0.3) is 0 Å². The molecule has 0 atom stereocenters. The molecule has 0 heterocycles. The molecular weight excluding hydrogens is 543 g/mol. The van der Waals surface area contributed by atoms with Crippen LogP contribution in [-0.2, 0) is 21.7 Å². The van der Waals surface area contributed by atoms with Crippen LogP contribution < -0.4 is 15.9 Å². The normalized spacial score (nSPS) is 13.5. The molecule has 0 aliphatic rings. The second-order valence-corrected chi connectivity index (χ2v) is 19.3. The summed E-state index contributed by atoms with van der Waals surface area (Å²) in [4.78, 5) is 0. The first-order chi connectivity index (χ1) is 19.4. The monoisotopic (exact) mass is 602 g/mol. The highest BCUT2D eigenvalue weighted by atomic mass is 31.1. The van der Waals surface area contributed by atoms with Gasteiger partial charge in [-0.05, 0) is 81.1 Å². The Kier molecular flexibility index (Phi) is 9.73. The smallest absolute Gasteiger partial charge is 0.127 e. The fourth-order valence-corrected chi connectivity index (χ4v) is 8.85. The molecule has 3 heteroatoms. The summed E-state index contributed by atoms with van der Waals surface area (Å²) < 4.78 is 0. The van der Waals surface area contributed by atoms with Crippen molar-refractivity contribution in [2.75, 3.05) is 0 Å². The van der Waals surface area contributed by atoms with Crippen LogP contribution in [0.15, 0.2) is 42.5 Å². The third-order valence-electron chi connectivity index (χ3n) is 8.58. The summed E-state index contributed by atoms with van der Waals surface area (Å²) in [5, 5.41) is 27.8. The van der Waals surface area contributed by atoms with Gasteiger partial charge in [-0.2, -0.15) is 0 Å². The summed E-state index contributed by atoms with van der Waals surface area (Å²) in [7, 11) is -1.35. The minimum absolute atomic E-state index is 0.117. The lowest BCUT2D eigenvalue weighted by Crippen LogP contribution is -2.31. The number of phenols is 2. The van der Waals surface area contributed by atoms with E-state index in [4.69, 9.17) is 0 Å². The molecule has 0 radical (unpaired) electrons. The van der Waals surface area contributed by atoms with Crippen molar-refractivity contribution >= 4 is 23.8 Å². The minimum Gasteiger partial charge on any atom is -0.507 e. The standard InChI is InChI=1S/C40H59O2P/c1-24(2)28-18-17-19-29(25(3)4)36(28)43(32-22-26(37(5,6)7)20-30(34(32)41)39(11,12)13)33-23-27(38(8,9)10)21-31(35(33)42)40(14,15)16/h17-25,41-42H,1-16H3. The van der Waals surface area contributed by atoms with Crippen LogP contribution in [0.2, 0.25) is 0 Å². The maximum Gasteiger partial charge on any atom is 0.127 e. The molecule has 0 aliphatic carbocycles. The third kappa shape index (κ3) is 7.33. The number of rotatable bonds is 5. The molecule has 3 aromatic carbocycles. The van der Waals surface area contributed by atoms with Crippen LogP contribution >= 0.6 is 7.92 Å². The van der Waals surface area contributed by atoms with Gasteiger partial charge in [-0.25, -0.2) is 0 Å². The van der Waals surface area contributed by atoms with Gasteiger partial charge in [0.05, 0.1) is 0 Å². The Balaban J connectivity index is 2.74. The van der Waals surface area contributed by atoms with Crippen molar-refractivity contribution in [2.45, 2.75) is 144 Å². The zero-order chi connectivity index (χ0) is 33.0. The average Bonchev–Trinajstić information content (AvgIpc) is 2.82. The number of hydrogen-bond acceptors (Lipinski definition) is 2. The van der Waals surface area contributed by atoms with Crippen molar-refractivity contribution in [3.05, 3.63) is 75.8 Å². The van der Waals surface area contributed by atoms with E-state index >= 15 is 0 Å². The highest BCUT2D eigenvalue weighted by molar-refractivity contribution is 7.80. The first-order valence-corrected chi connectivity index (χ1v) is 17.4. The summed E-state index contributed by atoms with van der Waals surface area (Å²) in [6.07, 6.45) is 0. The molecule has 0 amide bonds. The second kappa shape index (κ2) is 11.9. The Morgan fingerprint density at radius 2 is 0.837 bits per heavy atom. The van der Waals surface area contributed by atoms with Crippen molar-refractivity contribution in [2.24, 2.45) is 0 Å². The van der Waals surface area contributed by atoms with E-state index in [0.717, 1.165) is 21.7 Å². The summed E-state index contributed by atoms with van der Waals surface area (Å²) >= 11 is 0. The molecule has 2 nitrogen and oxygen atoms in total. The minimum atomic E-state index is -1.35. The van der Waals surface area contributed by atoms with E-state index in [1.54, 1.807) is 0 Å². The number of hydrogen-bond donors (Lipinski definition) is 2. The molecule has 43 heavy (non-hydrogen) atoms. The van der Waals surface area contributed by atoms with Crippen LogP contribution in [-0.4, -0.2) is 10.2 Å². The molecule has 0 aliphatic heterocycles. The lowest BCUT2D eigenvalue weighted by atomic mass is 9.80. The Morgan fingerprint density at radius 3 is 1.09 bits per heavy atom. The first kappa shape index (κ1) is 35.2. The predicted molar refractivity (Wildman–Crippen MR) is 191 cm³/mol. The molecule has 0 aromatic heterocycles. The van der Waals surface area contributed by atoms with E-state index in [1.165, 1.54) is 27.6 Å². The van der Waals surface area contributed by atoms with Gasteiger partial charge in [0.1, 0.15) is 11.5 Å². The lowest BCUT2D eigenvalue weighted by Gasteiger charge is -2.35. The van der Waals surface area contributed by atoms with Crippen molar-refractivity contribution in [1.29, 1.82) is 0 Å². The Bertz CT molecular complexity index is 1360. The predicted octanol–water partition coefficient (Wildman–Crippen LogP) is 10.3. The van der Waals surface area contributed by atoms with Crippen molar-refractivity contribution < 1.29 is 10.2 Å². The van der Waals surface area contributed by atoms with Gasteiger partial charge >= 0.3 is 0 Å². The zero-order valence-electron chi connectivity index (χ0n) is 30.0. The van der Waals surface area contributed by atoms with Crippen LogP contribution in [0.25, 0.3) is 0 Å². The van der Waals surface area contributed by atoms with E-state index in [1.807, 2.05) is 0 Å². The summed E-state index contributed by atoms with van der Waals surface area (Å²) in [5.41, 5.74) is 6.14. The van der Waals surface area contributed by atoms with Gasteiger partial charge in [-0.3, -0.25) is 0 Å². The average molecular weight is 603 g/mol. The SMILES string of the molecule is CC(C)c1cccc(C(C)C)c1P(c1cc(C(C)(C)C)cc(C(C)(C)C)c1O)c1cc(C(C)(C)C)cc(C(C)(C)C)c1O. The highest BCUT2D eigenvalue weighted by Gasteiger charge is 2.35. The van der Waals surface area contributed by atoms with E-state index in [9.17, 15) is 10.2 Å². The third-order valence-corrected chi connectivity index (χ3v) is 11.2. The van der Waals surface area contributed by atoms with Crippen LogP contribution in [0.1, 0.15) is 156 Å². The molecule has 0 unspecified atom stereocenters. The van der Waals surface area contributed by atoms with E-state index in [-0.39, 0.29) is 33.5 Å². The number of benzene rings is 3. The molecule has 0 saturated carbocycles. The molecular formula is C40H59O2P. The van der Waals surface area contributed by atoms with Crippen LogP contribution in [0, 0.1) is 0 Å². The molecule has 0 saturated heterocycles. The Labute approximate surface area is 265 Å². The van der Waals surface area contributed by atoms with Crippen LogP contribution in [0.5, 0.6) is 11.5 Å². The first-order valence-electron chi connectivity index (χ1n) is 16.1. The maximum atomic E-state index is 12.4. The number of aromatic hydroxyl groups is 2. The van der Waals surface area contributed by atoms with Gasteiger partial charge in [-0.1, -0.05) is 141 Å². The lowest BCUT2D eigenvalue weighted by molar-refractivity contribution is 0.448. The fourth-order valence-electron chi connectivity index (χ4n) is 5.73. The molecule has 236 valence electrons. The summed E-state index contributed by atoms with van der Waals surface area (Å²) in [6, 6.07) is 15.6. The van der Waals surface area contributed by atoms with Gasteiger partial charge in [-0.15, -0.1) is 0 Å². The molecule has 3 rings (SSSR count). The molecule has 0 fully saturated rings. The van der Waals surface area contributed by atoms with Gasteiger partial charge < -0.3 is 10.2 Å². The molecule has 0 bridgehead atoms. The highest BCUT2D eigenvalue weighted by Crippen LogP contribution is 2.49. The largest absolute Gasteiger partial charge is 0.507 e. The summed E-state index contributed by atoms with van der Waals surface area (Å²) in [6.45, 7) is 35.6.